The summed E-state index contributed by atoms with van der Waals surface area (Å²) in [6, 6.07) is 6.98. The Labute approximate surface area is 183 Å². The number of methoxy groups -OCH3 is 1. The van der Waals surface area contributed by atoms with Crippen molar-refractivity contribution in [1.82, 2.24) is 19.3 Å². The number of rotatable bonds is 9. The van der Waals surface area contributed by atoms with E-state index in [0.29, 0.717) is 23.9 Å². The first-order chi connectivity index (χ1) is 15.4. The normalized spacial score (nSPS) is 11.1. The summed E-state index contributed by atoms with van der Waals surface area (Å²) in [5, 5.41) is 4.63. The number of carbonyl (C=O) groups is 1. The Balaban J connectivity index is 1.94. The van der Waals surface area contributed by atoms with Gasteiger partial charge in [-0.1, -0.05) is 19.1 Å². The first kappa shape index (κ1) is 22.9. The maximum absolute atomic E-state index is 13.2. The second kappa shape index (κ2) is 10.1. The number of nitrogens with two attached hydrogens (primary N) is 1. The molecule has 11 heteroatoms. The van der Waals surface area contributed by atoms with Gasteiger partial charge in [0.1, 0.15) is 5.82 Å². The monoisotopic (exact) mass is 442 g/mol. The fourth-order valence-electron chi connectivity index (χ4n) is 3.50. The molecule has 170 valence electrons. The molecule has 0 radical (unpaired) electrons. The lowest BCUT2D eigenvalue weighted by Gasteiger charge is -2.24. The number of aryl methyl sites for hydroxylation is 1. The van der Waals surface area contributed by atoms with Crippen LogP contribution in [0.2, 0.25) is 0 Å². The van der Waals surface area contributed by atoms with Crippen LogP contribution in [0, 0.1) is 0 Å². The molecule has 0 fully saturated rings. The topological polar surface area (TPSA) is 145 Å². The molecular formula is C21H26N6O5. The molecule has 11 nitrogen and oxygen atoms in total. The lowest BCUT2D eigenvalue weighted by Crippen LogP contribution is -2.42. The van der Waals surface area contributed by atoms with Crippen LogP contribution in [0.4, 0.5) is 11.5 Å². The predicted molar refractivity (Wildman–Crippen MR) is 121 cm³/mol. The minimum Gasteiger partial charge on any atom is -0.383 e. The van der Waals surface area contributed by atoms with Gasteiger partial charge in [-0.15, -0.1) is 0 Å². The van der Waals surface area contributed by atoms with Crippen molar-refractivity contribution < 1.29 is 9.53 Å². The third-order valence-corrected chi connectivity index (χ3v) is 5.05. The van der Waals surface area contributed by atoms with Crippen LogP contribution in [-0.2, 0) is 22.6 Å². The molecule has 1 amide bonds. The summed E-state index contributed by atoms with van der Waals surface area (Å²) in [5.41, 5.74) is 5.08. The number of benzene rings is 1. The Morgan fingerprint density at radius 1 is 1.22 bits per heavy atom. The number of anilines is 2. The average Bonchev–Trinajstić information content (AvgIpc) is 2.78. The van der Waals surface area contributed by atoms with E-state index in [1.807, 2.05) is 6.92 Å². The first-order valence-electron chi connectivity index (χ1n) is 10.3. The summed E-state index contributed by atoms with van der Waals surface area (Å²) in [4.78, 5) is 53.4. The van der Waals surface area contributed by atoms with Crippen molar-refractivity contribution in [3.8, 4) is 0 Å². The molecule has 0 spiro atoms. The Hall–Kier alpha value is -3.73. The number of nitrogens with one attached hydrogen (secondary N) is 1. The van der Waals surface area contributed by atoms with Gasteiger partial charge in [-0.25, -0.2) is 4.79 Å². The summed E-state index contributed by atoms with van der Waals surface area (Å²) >= 11 is 0. The van der Waals surface area contributed by atoms with Crippen LogP contribution in [0.15, 0.2) is 44.8 Å². The van der Waals surface area contributed by atoms with E-state index in [1.54, 1.807) is 28.9 Å². The number of amides is 1. The highest BCUT2D eigenvalue weighted by Gasteiger charge is 2.24. The summed E-state index contributed by atoms with van der Waals surface area (Å²) in [6.07, 6.45) is 1.81. The molecule has 0 aliphatic heterocycles. The van der Waals surface area contributed by atoms with Crippen LogP contribution >= 0.6 is 0 Å². The van der Waals surface area contributed by atoms with E-state index < -0.39 is 17.2 Å². The van der Waals surface area contributed by atoms with Crippen LogP contribution in [0.25, 0.3) is 10.9 Å². The van der Waals surface area contributed by atoms with Crippen LogP contribution in [0.1, 0.15) is 19.8 Å². The van der Waals surface area contributed by atoms with Crippen LogP contribution in [0.3, 0.4) is 0 Å². The molecule has 0 unspecified atom stereocenters. The van der Waals surface area contributed by atoms with Crippen molar-refractivity contribution in [2.24, 2.45) is 0 Å². The van der Waals surface area contributed by atoms with Crippen molar-refractivity contribution in [3.63, 3.8) is 0 Å². The highest BCUT2D eigenvalue weighted by atomic mass is 16.5. The molecule has 0 atom stereocenters. The molecule has 1 aromatic carbocycles. The van der Waals surface area contributed by atoms with E-state index >= 15 is 0 Å². The molecule has 32 heavy (non-hydrogen) atoms. The van der Waals surface area contributed by atoms with Crippen LogP contribution in [0.5, 0.6) is 0 Å². The number of nitrogens with zero attached hydrogens (tertiary/aromatic N) is 4. The van der Waals surface area contributed by atoms with E-state index in [2.05, 4.69) is 10.1 Å². The molecule has 0 saturated carbocycles. The Bertz CT molecular complexity index is 1290. The van der Waals surface area contributed by atoms with E-state index in [9.17, 15) is 19.2 Å². The van der Waals surface area contributed by atoms with Gasteiger partial charge in [0.05, 0.1) is 24.9 Å². The molecule has 0 saturated heterocycles. The first-order valence-corrected chi connectivity index (χ1v) is 10.3. The highest BCUT2D eigenvalue weighted by Crippen LogP contribution is 2.18. The molecule has 0 bridgehead atoms. The van der Waals surface area contributed by atoms with Gasteiger partial charge in [-0.2, -0.15) is 5.10 Å². The van der Waals surface area contributed by atoms with Crippen molar-refractivity contribution in [3.05, 3.63) is 61.5 Å². The maximum Gasteiger partial charge on any atom is 0.330 e. The fraction of sp³-hybridized carbons (Fsp3) is 0.381. The largest absolute Gasteiger partial charge is 0.383 e. The van der Waals surface area contributed by atoms with Crippen LogP contribution in [-0.4, -0.2) is 45.5 Å². The lowest BCUT2D eigenvalue weighted by atomic mass is 10.2. The summed E-state index contributed by atoms with van der Waals surface area (Å²) in [5.74, 6) is -0.470. The summed E-state index contributed by atoms with van der Waals surface area (Å²) in [6.45, 7) is 2.58. The minimum absolute atomic E-state index is 0.0185. The summed E-state index contributed by atoms with van der Waals surface area (Å²) < 4.78 is 7.89. The van der Waals surface area contributed by atoms with Gasteiger partial charge in [-0.3, -0.25) is 28.6 Å². The molecule has 2 heterocycles. The summed E-state index contributed by atoms with van der Waals surface area (Å²) in [7, 11) is 1.48. The third-order valence-electron chi connectivity index (χ3n) is 5.05. The SMILES string of the molecule is CCCn1c(N)c(N(CCOC)C(=O)CCn2ncc(=O)c3ccccc32)c(=O)[nH]c1=O. The zero-order chi connectivity index (χ0) is 23.3. The third kappa shape index (κ3) is 4.62. The standard InChI is InChI=1S/C21H26N6O5/c1-3-9-26-19(22)18(20(30)24-21(26)31)25(11-12-32-2)17(29)8-10-27-15-7-5-4-6-14(15)16(28)13-23-27/h4-7,13H,3,8-12,22H2,1-2H3,(H,24,30,31). The second-order valence-corrected chi connectivity index (χ2v) is 7.18. The molecule has 2 aromatic heterocycles. The van der Waals surface area contributed by atoms with Crippen molar-refractivity contribution >= 4 is 28.3 Å². The predicted octanol–water partition coefficient (Wildman–Crippen LogP) is 0.308. The number of para-hydroxylation sites is 1. The van der Waals surface area contributed by atoms with Crippen molar-refractivity contribution in [2.45, 2.75) is 32.9 Å². The van der Waals surface area contributed by atoms with Gasteiger partial charge in [0.2, 0.25) is 11.3 Å². The zero-order valence-electron chi connectivity index (χ0n) is 18.0. The van der Waals surface area contributed by atoms with E-state index in [1.165, 1.54) is 22.8 Å². The molecule has 3 N–H and O–H groups in total. The molecule has 0 aliphatic carbocycles. The van der Waals surface area contributed by atoms with Crippen LogP contribution < -0.4 is 27.3 Å². The van der Waals surface area contributed by atoms with Gasteiger partial charge in [0.15, 0.2) is 5.69 Å². The quantitative estimate of drug-likeness (QED) is 0.485. The minimum atomic E-state index is -0.740. The Morgan fingerprint density at radius 2 is 1.97 bits per heavy atom. The zero-order valence-corrected chi connectivity index (χ0v) is 18.0. The smallest absolute Gasteiger partial charge is 0.330 e. The van der Waals surface area contributed by atoms with Gasteiger partial charge < -0.3 is 15.4 Å². The highest BCUT2D eigenvalue weighted by molar-refractivity contribution is 5.95. The number of ether oxygens (including phenoxy) is 1. The Kier molecular flexibility index (Phi) is 7.21. The number of carbonyl (C=O) groups excluding carboxylic acids is 1. The number of aromatic nitrogens is 4. The molecule has 3 aromatic rings. The molecule has 0 aliphatic rings. The van der Waals surface area contributed by atoms with Gasteiger partial charge >= 0.3 is 5.69 Å². The van der Waals surface area contributed by atoms with Crippen molar-refractivity contribution in [2.75, 3.05) is 30.9 Å². The van der Waals surface area contributed by atoms with Crippen molar-refractivity contribution in [1.29, 1.82) is 0 Å². The van der Waals surface area contributed by atoms with Gasteiger partial charge in [0, 0.05) is 32.0 Å². The number of H-pyrrole nitrogens is 1. The van der Waals surface area contributed by atoms with Gasteiger partial charge in [0.25, 0.3) is 5.56 Å². The van der Waals surface area contributed by atoms with Gasteiger partial charge in [-0.05, 0) is 18.6 Å². The number of nitrogen functional groups attached to an aromatic ring is 1. The van der Waals surface area contributed by atoms with E-state index in [4.69, 9.17) is 10.5 Å². The molecular weight excluding hydrogens is 416 g/mol. The maximum atomic E-state index is 13.2. The second-order valence-electron chi connectivity index (χ2n) is 7.18. The fourth-order valence-corrected chi connectivity index (χ4v) is 3.50. The number of fused-ring (bicyclic) bond motifs is 1. The number of hydrogen-bond donors (Lipinski definition) is 2. The molecule has 3 rings (SSSR count). The number of hydrogen-bond acceptors (Lipinski definition) is 7. The van der Waals surface area contributed by atoms with E-state index in [0.717, 1.165) is 0 Å². The number of aromatic amines is 1. The Morgan fingerprint density at radius 3 is 2.69 bits per heavy atom. The average molecular weight is 442 g/mol. The lowest BCUT2D eigenvalue weighted by molar-refractivity contribution is -0.119. The van der Waals surface area contributed by atoms with E-state index in [-0.39, 0.29) is 43.1 Å².